The maximum atomic E-state index is 12.9. The quantitative estimate of drug-likeness (QED) is 0.420. The normalized spacial score (nSPS) is 16.5. The lowest BCUT2D eigenvalue weighted by Gasteiger charge is -2.26. The first kappa shape index (κ1) is 25.1. The van der Waals surface area contributed by atoms with Gasteiger partial charge in [0.05, 0.1) is 5.75 Å². The second kappa shape index (κ2) is 9.54. The van der Waals surface area contributed by atoms with Gasteiger partial charge in [0.2, 0.25) is 5.91 Å². The minimum absolute atomic E-state index is 0.0403. The van der Waals surface area contributed by atoms with Crippen molar-refractivity contribution in [2.24, 2.45) is 0 Å². The number of thioether (sulfide) groups is 1. The van der Waals surface area contributed by atoms with Gasteiger partial charge in [-0.1, -0.05) is 77.9 Å². The third kappa shape index (κ3) is 5.62. The van der Waals surface area contributed by atoms with Gasteiger partial charge in [-0.2, -0.15) is 0 Å². The topological polar surface area (TPSA) is 49.4 Å². The van der Waals surface area contributed by atoms with Crippen LogP contribution < -0.4 is 10.2 Å². The summed E-state index contributed by atoms with van der Waals surface area (Å²) >= 11 is 1.61. The van der Waals surface area contributed by atoms with Gasteiger partial charge in [-0.3, -0.25) is 14.5 Å². The van der Waals surface area contributed by atoms with Gasteiger partial charge in [0.25, 0.3) is 5.91 Å². The van der Waals surface area contributed by atoms with E-state index in [1.807, 2.05) is 65.6 Å². The third-order valence-electron chi connectivity index (χ3n) is 6.32. The van der Waals surface area contributed by atoms with Crippen molar-refractivity contribution in [1.82, 2.24) is 0 Å². The van der Waals surface area contributed by atoms with Crippen LogP contribution in [0.4, 0.5) is 11.4 Å². The molecule has 1 saturated heterocycles. The van der Waals surface area contributed by atoms with Gasteiger partial charge in [0.15, 0.2) is 0 Å². The summed E-state index contributed by atoms with van der Waals surface area (Å²) in [7, 11) is 0. The Morgan fingerprint density at radius 3 is 2.00 bits per heavy atom. The predicted octanol–water partition coefficient (Wildman–Crippen LogP) is 7.31. The predicted molar refractivity (Wildman–Crippen MR) is 147 cm³/mol. The van der Waals surface area contributed by atoms with E-state index in [0.717, 1.165) is 16.9 Å². The Bertz CT molecular complexity index is 1220. The zero-order chi connectivity index (χ0) is 25.4. The molecule has 0 spiro atoms. The Kier molecular flexibility index (Phi) is 6.83. The van der Waals surface area contributed by atoms with Gasteiger partial charge in [0, 0.05) is 16.9 Å². The summed E-state index contributed by atoms with van der Waals surface area (Å²) in [6.07, 6.45) is 0. The number of carbonyl (C=O) groups is 2. The Hall–Kier alpha value is -3.05. The van der Waals surface area contributed by atoms with E-state index in [9.17, 15) is 9.59 Å². The molecule has 0 bridgehead atoms. The summed E-state index contributed by atoms with van der Waals surface area (Å²) in [5, 5.41) is 2.89. The summed E-state index contributed by atoms with van der Waals surface area (Å²) < 4.78 is 0. The van der Waals surface area contributed by atoms with E-state index >= 15 is 0 Å². The van der Waals surface area contributed by atoms with Crippen LogP contribution in [0.1, 0.15) is 74.0 Å². The minimum Gasteiger partial charge on any atom is -0.322 e. The second-order valence-corrected chi connectivity index (χ2v) is 12.2. The SMILES string of the molecule is CC(C)(C)c1ccc(C(=O)Nc2cccc([C@@H]3SCC(=O)N3c3ccc(C(C)(C)C)cc3)c2)cc1. The fraction of sp³-hybridized carbons (Fsp3) is 0.333. The van der Waals surface area contributed by atoms with E-state index in [1.165, 1.54) is 11.1 Å². The van der Waals surface area contributed by atoms with Crippen molar-refractivity contribution in [1.29, 1.82) is 0 Å². The van der Waals surface area contributed by atoms with Crippen molar-refractivity contribution in [3.05, 3.63) is 95.1 Å². The van der Waals surface area contributed by atoms with Crippen molar-refractivity contribution in [3.8, 4) is 0 Å². The van der Waals surface area contributed by atoms with E-state index in [1.54, 1.807) is 11.8 Å². The first-order valence-electron chi connectivity index (χ1n) is 12.0. The summed E-state index contributed by atoms with van der Waals surface area (Å²) in [5.41, 5.74) is 5.74. The van der Waals surface area contributed by atoms with Crippen LogP contribution in [-0.2, 0) is 15.6 Å². The number of carbonyl (C=O) groups excluding carboxylic acids is 2. The lowest BCUT2D eigenvalue weighted by atomic mass is 9.87. The molecule has 0 unspecified atom stereocenters. The highest BCUT2D eigenvalue weighted by Gasteiger charge is 2.34. The van der Waals surface area contributed by atoms with Crippen molar-refractivity contribution in [2.75, 3.05) is 16.0 Å². The van der Waals surface area contributed by atoms with Crippen LogP contribution in [0, 0.1) is 0 Å². The summed E-state index contributed by atoms with van der Waals surface area (Å²) in [5.74, 6) is 0.381. The molecule has 1 fully saturated rings. The molecular weight excluding hydrogens is 452 g/mol. The highest BCUT2D eigenvalue weighted by atomic mass is 32.2. The van der Waals surface area contributed by atoms with E-state index in [2.05, 4.69) is 59.0 Å². The van der Waals surface area contributed by atoms with Gasteiger partial charge < -0.3 is 5.32 Å². The Morgan fingerprint density at radius 2 is 1.43 bits per heavy atom. The third-order valence-corrected chi connectivity index (χ3v) is 7.53. The summed E-state index contributed by atoms with van der Waals surface area (Å²) in [4.78, 5) is 27.6. The van der Waals surface area contributed by atoms with Crippen LogP contribution in [-0.4, -0.2) is 17.6 Å². The zero-order valence-corrected chi connectivity index (χ0v) is 22.2. The molecule has 3 aromatic rings. The van der Waals surface area contributed by atoms with Crippen molar-refractivity contribution in [3.63, 3.8) is 0 Å². The highest BCUT2D eigenvalue weighted by molar-refractivity contribution is 8.00. The van der Waals surface area contributed by atoms with Crippen molar-refractivity contribution < 1.29 is 9.59 Å². The summed E-state index contributed by atoms with van der Waals surface area (Å²) in [6.45, 7) is 13.0. The smallest absolute Gasteiger partial charge is 0.255 e. The number of rotatable bonds is 4. The Morgan fingerprint density at radius 1 is 0.857 bits per heavy atom. The standard InChI is InChI=1S/C30H34N2O2S/c1-29(2,3)22-12-10-20(11-13-22)27(34)31-24-9-7-8-21(18-24)28-32(26(33)19-35-28)25-16-14-23(15-17-25)30(4,5)6/h7-18,28H,19H2,1-6H3,(H,31,34)/t28-/m0/s1. The van der Waals surface area contributed by atoms with Crippen LogP contribution >= 0.6 is 11.8 Å². The molecular formula is C30H34N2O2S. The number of amides is 2. The Balaban J connectivity index is 1.53. The molecule has 1 atom stereocenters. The number of anilines is 2. The van der Waals surface area contributed by atoms with Crippen LogP contribution in [0.3, 0.4) is 0 Å². The van der Waals surface area contributed by atoms with Crippen molar-refractivity contribution in [2.45, 2.75) is 57.7 Å². The molecule has 0 radical (unpaired) electrons. The molecule has 0 saturated carbocycles. The molecule has 5 heteroatoms. The lowest BCUT2D eigenvalue weighted by molar-refractivity contribution is -0.115. The van der Waals surface area contributed by atoms with Gasteiger partial charge in [-0.25, -0.2) is 0 Å². The molecule has 0 aliphatic carbocycles. The average Bonchev–Trinajstić information content (AvgIpc) is 3.19. The second-order valence-electron chi connectivity index (χ2n) is 11.1. The molecule has 4 rings (SSSR count). The number of hydrogen-bond acceptors (Lipinski definition) is 3. The molecule has 1 heterocycles. The van der Waals surface area contributed by atoms with E-state index in [0.29, 0.717) is 11.3 Å². The number of nitrogens with one attached hydrogen (secondary N) is 1. The molecule has 182 valence electrons. The molecule has 1 aliphatic heterocycles. The maximum Gasteiger partial charge on any atom is 0.255 e. The van der Waals surface area contributed by atoms with Crippen LogP contribution in [0.15, 0.2) is 72.8 Å². The highest BCUT2D eigenvalue weighted by Crippen LogP contribution is 2.42. The largest absolute Gasteiger partial charge is 0.322 e. The van der Waals surface area contributed by atoms with Crippen LogP contribution in [0.25, 0.3) is 0 Å². The van der Waals surface area contributed by atoms with Crippen LogP contribution in [0.5, 0.6) is 0 Å². The van der Waals surface area contributed by atoms with Crippen LogP contribution in [0.2, 0.25) is 0 Å². The van der Waals surface area contributed by atoms with Gasteiger partial charge in [-0.15, -0.1) is 11.8 Å². The fourth-order valence-electron chi connectivity index (χ4n) is 4.17. The molecule has 35 heavy (non-hydrogen) atoms. The average molecular weight is 487 g/mol. The van der Waals surface area contributed by atoms with Crippen molar-refractivity contribution >= 4 is 35.0 Å². The number of hydrogen-bond donors (Lipinski definition) is 1. The van der Waals surface area contributed by atoms with Gasteiger partial charge >= 0.3 is 0 Å². The molecule has 3 aromatic carbocycles. The lowest BCUT2D eigenvalue weighted by Crippen LogP contribution is -2.28. The minimum atomic E-state index is -0.146. The maximum absolute atomic E-state index is 12.9. The van der Waals surface area contributed by atoms with E-state index in [4.69, 9.17) is 0 Å². The molecule has 0 aromatic heterocycles. The first-order valence-corrected chi connectivity index (χ1v) is 13.0. The molecule has 2 amide bonds. The molecule has 1 aliphatic rings. The summed E-state index contributed by atoms with van der Waals surface area (Å²) in [6, 6.07) is 23.8. The first-order chi connectivity index (χ1) is 16.4. The molecule has 1 N–H and O–H groups in total. The fourth-order valence-corrected chi connectivity index (χ4v) is 5.33. The van der Waals surface area contributed by atoms with E-state index < -0.39 is 0 Å². The number of benzene rings is 3. The Labute approximate surface area is 213 Å². The van der Waals surface area contributed by atoms with Gasteiger partial charge in [0.1, 0.15) is 5.37 Å². The zero-order valence-electron chi connectivity index (χ0n) is 21.4. The van der Waals surface area contributed by atoms with Gasteiger partial charge in [-0.05, 0) is 63.9 Å². The number of nitrogens with zero attached hydrogens (tertiary/aromatic N) is 1. The molecule has 4 nitrogen and oxygen atoms in total. The monoisotopic (exact) mass is 486 g/mol. The van der Waals surface area contributed by atoms with E-state index in [-0.39, 0.29) is 28.0 Å².